The van der Waals surface area contributed by atoms with Gasteiger partial charge in [-0.2, -0.15) is 5.10 Å². The van der Waals surface area contributed by atoms with Gasteiger partial charge in [0, 0.05) is 5.69 Å². The summed E-state index contributed by atoms with van der Waals surface area (Å²) in [5, 5.41) is 6.54. The molecule has 0 fully saturated rings. The number of nitrogens with one attached hydrogen (secondary N) is 2. The molecule has 0 radical (unpaired) electrons. The van der Waals surface area contributed by atoms with Gasteiger partial charge in [0.2, 0.25) is 0 Å². The van der Waals surface area contributed by atoms with E-state index in [2.05, 4.69) is 15.8 Å². The van der Waals surface area contributed by atoms with Crippen LogP contribution in [0.15, 0.2) is 41.5 Å². The Morgan fingerprint density at radius 3 is 2.18 bits per heavy atom. The highest BCUT2D eigenvalue weighted by molar-refractivity contribution is 6.39. The number of ether oxygens (including phenoxy) is 2. The van der Waals surface area contributed by atoms with Gasteiger partial charge in [0.05, 0.1) is 20.4 Å². The van der Waals surface area contributed by atoms with E-state index in [1.54, 1.807) is 25.3 Å². The Bertz CT molecular complexity index is 856. The van der Waals surface area contributed by atoms with Crippen LogP contribution in [0.3, 0.4) is 0 Å². The highest BCUT2D eigenvalue weighted by Gasteiger charge is 2.16. The van der Waals surface area contributed by atoms with Crippen LogP contribution in [0.1, 0.15) is 30.5 Å². The number of nitrogens with zero attached hydrogens (tertiary/aromatic N) is 1. The number of hydrogen-bond acceptors (Lipinski definition) is 5. The Balaban J connectivity index is 2.04. The van der Waals surface area contributed by atoms with Crippen molar-refractivity contribution in [2.24, 2.45) is 5.10 Å². The third-order valence-electron chi connectivity index (χ3n) is 4.23. The summed E-state index contributed by atoms with van der Waals surface area (Å²) in [5.41, 5.74) is 5.57. The molecule has 2 N–H and O–H groups in total. The van der Waals surface area contributed by atoms with Crippen molar-refractivity contribution in [3.8, 4) is 11.5 Å². The molecule has 0 aliphatic heterocycles. The predicted molar refractivity (Wildman–Crippen MR) is 109 cm³/mol. The number of rotatable bonds is 7. The highest BCUT2D eigenvalue weighted by Crippen LogP contribution is 2.26. The first-order valence-electron chi connectivity index (χ1n) is 9.01. The van der Waals surface area contributed by atoms with Crippen LogP contribution in [0.25, 0.3) is 0 Å². The summed E-state index contributed by atoms with van der Waals surface area (Å²) in [7, 11) is 3.08. The molecule has 2 aromatic rings. The second kappa shape index (κ2) is 10.1. The molecule has 0 unspecified atom stereocenters. The number of methoxy groups -OCH3 is 2. The minimum atomic E-state index is -0.843. The summed E-state index contributed by atoms with van der Waals surface area (Å²) in [4.78, 5) is 24.3. The number of aryl methyl sites for hydroxylation is 2. The van der Waals surface area contributed by atoms with Gasteiger partial charge in [0.15, 0.2) is 11.5 Å². The number of carbonyl (C=O) groups is 2. The van der Waals surface area contributed by atoms with Crippen LogP contribution in [0.4, 0.5) is 5.69 Å². The van der Waals surface area contributed by atoms with E-state index < -0.39 is 11.8 Å². The first-order valence-corrected chi connectivity index (χ1v) is 9.01. The molecule has 0 bridgehead atoms. The molecule has 148 valence electrons. The zero-order valence-corrected chi connectivity index (χ0v) is 16.5. The Labute approximate surface area is 164 Å². The maximum absolute atomic E-state index is 12.2. The van der Waals surface area contributed by atoms with Gasteiger partial charge in [0.1, 0.15) is 0 Å². The van der Waals surface area contributed by atoms with Crippen molar-refractivity contribution in [1.82, 2.24) is 5.43 Å². The fourth-order valence-corrected chi connectivity index (χ4v) is 2.72. The number of carbonyl (C=O) groups excluding carboxylic acids is 2. The SMILES string of the molecule is CCc1cccc(CC)c1NC(=O)C(=O)N/N=C\c1ccc(OC)c(OC)c1. The van der Waals surface area contributed by atoms with Gasteiger partial charge in [-0.05, 0) is 47.7 Å². The third kappa shape index (κ3) is 5.09. The van der Waals surface area contributed by atoms with E-state index >= 15 is 0 Å². The number of benzene rings is 2. The summed E-state index contributed by atoms with van der Waals surface area (Å²) >= 11 is 0. The largest absolute Gasteiger partial charge is 0.493 e. The average molecular weight is 383 g/mol. The van der Waals surface area contributed by atoms with E-state index in [4.69, 9.17) is 9.47 Å². The lowest BCUT2D eigenvalue weighted by Crippen LogP contribution is -2.33. The zero-order chi connectivity index (χ0) is 20.5. The lowest BCUT2D eigenvalue weighted by atomic mass is 10.0. The van der Waals surface area contributed by atoms with Gasteiger partial charge in [-0.1, -0.05) is 32.0 Å². The van der Waals surface area contributed by atoms with E-state index in [0.717, 1.165) is 24.0 Å². The van der Waals surface area contributed by atoms with Crippen LogP contribution < -0.4 is 20.2 Å². The molecule has 0 aliphatic rings. The minimum Gasteiger partial charge on any atom is -0.493 e. The summed E-state index contributed by atoms with van der Waals surface area (Å²) in [6, 6.07) is 11.0. The summed E-state index contributed by atoms with van der Waals surface area (Å²) in [5.74, 6) is -0.479. The lowest BCUT2D eigenvalue weighted by molar-refractivity contribution is -0.136. The first-order chi connectivity index (χ1) is 13.5. The molecule has 7 nitrogen and oxygen atoms in total. The van der Waals surface area contributed by atoms with E-state index in [-0.39, 0.29) is 0 Å². The summed E-state index contributed by atoms with van der Waals surface area (Å²) in [6.07, 6.45) is 2.93. The van der Waals surface area contributed by atoms with Crippen LogP contribution in [0, 0.1) is 0 Å². The fourth-order valence-electron chi connectivity index (χ4n) is 2.72. The van der Waals surface area contributed by atoms with Crippen molar-refractivity contribution >= 4 is 23.7 Å². The molecular formula is C21H25N3O4. The van der Waals surface area contributed by atoms with Crippen LogP contribution in [-0.4, -0.2) is 32.2 Å². The summed E-state index contributed by atoms with van der Waals surface area (Å²) in [6.45, 7) is 4.00. The molecule has 0 aromatic heterocycles. The van der Waals surface area contributed by atoms with Crippen molar-refractivity contribution in [2.45, 2.75) is 26.7 Å². The van der Waals surface area contributed by atoms with E-state index in [0.29, 0.717) is 22.7 Å². The van der Waals surface area contributed by atoms with Crippen molar-refractivity contribution in [1.29, 1.82) is 0 Å². The molecule has 2 aromatic carbocycles. The van der Waals surface area contributed by atoms with E-state index in [1.165, 1.54) is 13.3 Å². The monoisotopic (exact) mass is 383 g/mol. The van der Waals surface area contributed by atoms with Gasteiger partial charge < -0.3 is 14.8 Å². The molecule has 0 saturated heterocycles. The second-order valence-electron chi connectivity index (χ2n) is 5.93. The molecule has 0 aliphatic carbocycles. The lowest BCUT2D eigenvalue weighted by Gasteiger charge is -2.13. The first kappa shape index (κ1) is 21.0. The van der Waals surface area contributed by atoms with Crippen molar-refractivity contribution in [3.63, 3.8) is 0 Å². The van der Waals surface area contributed by atoms with Crippen LogP contribution in [0.5, 0.6) is 11.5 Å². The molecule has 0 spiro atoms. The van der Waals surface area contributed by atoms with Crippen molar-refractivity contribution < 1.29 is 19.1 Å². The normalized spacial score (nSPS) is 10.6. The van der Waals surface area contributed by atoms with E-state index in [9.17, 15) is 9.59 Å². The molecule has 0 atom stereocenters. The third-order valence-corrected chi connectivity index (χ3v) is 4.23. The Morgan fingerprint density at radius 1 is 0.964 bits per heavy atom. The number of anilines is 1. The molecule has 2 amide bonds. The highest BCUT2D eigenvalue weighted by atomic mass is 16.5. The van der Waals surface area contributed by atoms with Gasteiger partial charge in [0.25, 0.3) is 0 Å². The molecule has 7 heteroatoms. The second-order valence-corrected chi connectivity index (χ2v) is 5.93. The predicted octanol–water partition coefficient (Wildman–Crippen LogP) is 2.92. The topological polar surface area (TPSA) is 89.0 Å². The van der Waals surface area contributed by atoms with Crippen molar-refractivity contribution in [3.05, 3.63) is 53.1 Å². The zero-order valence-electron chi connectivity index (χ0n) is 16.5. The van der Waals surface area contributed by atoms with E-state index in [1.807, 2.05) is 32.0 Å². The number of amides is 2. The van der Waals surface area contributed by atoms with Crippen LogP contribution >= 0.6 is 0 Å². The fraction of sp³-hybridized carbons (Fsp3) is 0.286. The smallest absolute Gasteiger partial charge is 0.329 e. The maximum atomic E-state index is 12.2. The average Bonchev–Trinajstić information content (AvgIpc) is 2.73. The van der Waals surface area contributed by atoms with Crippen molar-refractivity contribution in [2.75, 3.05) is 19.5 Å². The quantitative estimate of drug-likeness (QED) is 0.437. The number of para-hydroxylation sites is 1. The van der Waals surface area contributed by atoms with Crippen LogP contribution in [-0.2, 0) is 22.4 Å². The van der Waals surface area contributed by atoms with Gasteiger partial charge in [-0.3, -0.25) is 9.59 Å². The van der Waals surface area contributed by atoms with Crippen LogP contribution in [0.2, 0.25) is 0 Å². The standard InChI is InChI=1S/C21H25N3O4/c1-5-15-8-7-9-16(6-2)19(15)23-20(25)21(26)24-22-13-14-10-11-17(27-3)18(12-14)28-4/h7-13H,5-6H2,1-4H3,(H,23,25)(H,24,26)/b22-13-. The number of hydrazone groups is 1. The van der Waals surface area contributed by atoms with Gasteiger partial charge >= 0.3 is 11.8 Å². The minimum absolute atomic E-state index is 0.541. The Hall–Kier alpha value is -3.35. The Kier molecular flexibility index (Phi) is 7.56. The summed E-state index contributed by atoms with van der Waals surface area (Å²) < 4.78 is 10.4. The Morgan fingerprint density at radius 2 is 1.61 bits per heavy atom. The molecular weight excluding hydrogens is 358 g/mol. The molecule has 2 rings (SSSR count). The molecule has 0 saturated carbocycles. The number of hydrogen-bond donors (Lipinski definition) is 2. The molecule has 28 heavy (non-hydrogen) atoms. The molecule has 0 heterocycles. The van der Waals surface area contributed by atoms with Gasteiger partial charge in [-0.15, -0.1) is 0 Å². The van der Waals surface area contributed by atoms with Gasteiger partial charge in [-0.25, -0.2) is 5.43 Å². The maximum Gasteiger partial charge on any atom is 0.329 e.